The zero-order valence-electron chi connectivity index (χ0n) is 14.8. The van der Waals surface area contributed by atoms with Gasteiger partial charge in [0.15, 0.2) is 0 Å². The quantitative estimate of drug-likeness (QED) is 0.232. The Balaban J connectivity index is 7.01. The van der Waals surface area contributed by atoms with Gasteiger partial charge in [-0.2, -0.15) is 92.2 Å². The Morgan fingerprint density at radius 2 is 0.529 bits per heavy atom. The van der Waals surface area contributed by atoms with Crippen molar-refractivity contribution in [3.05, 3.63) is 0 Å². The number of hydrogen-bond acceptors (Lipinski definition) is 0. The summed E-state index contributed by atoms with van der Waals surface area (Å²) in [5.41, 5.74) is 0. The van der Waals surface area contributed by atoms with Gasteiger partial charge in [-0.25, -0.2) is 0 Å². The molecular formula is C12H4F21S. The summed E-state index contributed by atoms with van der Waals surface area (Å²) < 4.78 is 273. The first-order valence-electron chi connectivity index (χ1n) is 7.36. The van der Waals surface area contributed by atoms with Crippen molar-refractivity contribution in [1.29, 1.82) is 0 Å². The summed E-state index contributed by atoms with van der Waals surface area (Å²) in [5, 5.41) is 0. The van der Waals surface area contributed by atoms with Gasteiger partial charge in [0.1, 0.15) is 0 Å². The number of alkyl halides is 21. The average molecular weight is 579 g/mol. The van der Waals surface area contributed by atoms with E-state index in [4.69, 9.17) is 0 Å². The normalized spacial score (nSPS) is 16.8. The first-order chi connectivity index (χ1) is 14.3. The molecule has 1 radical (unpaired) electrons. The summed E-state index contributed by atoms with van der Waals surface area (Å²) in [6.07, 6.45) is -10.7. The zero-order valence-corrected chi connectivity index (χ0v) is 15.6. The molecule has 0 aliphatic heterocycles. The van der Waals surface area contributed by atoms with Gasteiger partial charge in [-0.1, -0.05) is 12.6 Å². The smallest absolute Gasteiger partial charge is 0.200 e. The second kappa shape index (κ2) is 8.20. The van der Waals surface area contributed by atoms with E-state index in [1.165, 1.54) is 0 Å². The molecule has 0 nitrogen and oxygen atoms in total. The van der Waals surface area contributed by atoms with Crippen LogP contribution in [0.25, 0.3) is 0 Å². The topological polar surface area (TPSA) is 0 Å². The molecule has 0 bridgehead atoms. The molecule has 34 heavy (non-hydrogen) atoms. The van der Waals surface area contributed by atoms with Gasteiger partial charge < -0.3 is 0 Å². The van der Waals surface area contributed by atoms with Crippen LogP contribution in [-0.2, 0) is 0 Å². The SMILES string of the molecule is FC(F)(F)C(F)(F)C(F)(F)C(F)(F)C(F)(F)C(F)(F)C(F)(F)C(F)(F)C(F)(F)C(F)(F)CC[S]. The molecular weight excluding hydrogens is 575 g/mol. The van der Waals surface area contributed by atoms with Gasteiger partial charge in [0, 0.05) is 12.2 Å². The molecule has 0 amide bonds. The van der Waals surface area contributed by atoms with Crippen LogP contribution in [0.2, 0.25) is 0 Å². The van der Waals surface area contributed by atoms with Crippen molar-refractivity contribution in [2.75, 3.05) is 5.75 Å². The van der Waals surface area contributed by atoms with E-state index in [0.29, 0.717) is 0 Å². The lowest BCUT2D eigenvalue weighted by Crippen LogP contribution is -2.76. The van der Waals surface area contributed by atoms with Gasteiger partial charge in [0.2, 0.25) is 0 Å². The molecule has 22 heteroatoms. The molecule has 0 rings (SSSR count). The van der Waals surface area contributed by atoms with Crippen LogP contribution in [0.15, 0.2) is 0 Å². The Labute approximate surface area is 177 Å². The average Bonchev–Trinajstić information content (AvgIpc) is 2.59. The maximum atomic E-state index is 13.4. The van der Waals surface area contributed by atoms with Crippen LogP contribution in [0.1, 0.15) is 6.42 Å². The minimum absolute atomic E-state index is 1.73. The van der Waals surface area contributed by atoms with Gasteiger partial charge in [-0.3, -0.25) is 0 Å². The highest BCUT2D eigenvalue weighted by Gasteiger charge is 2.97. The number of halogens is 21. The predicted molar refractivity (Wildman–Crippen MR) is 67.7 cm³/mol. The van der Waals surface area contributed by atoms with E-state index in [0.717, 1.165) is 0 Å². The summed E-state index contributed by atoms with van der Waals surface area (Å²) in [6, 6.07) is 0. The van der Waals surface area contributed by atoms with E-state index in [1.54, 1.807) is 0 Å². The molecule has 0 spiro atoms. The lowest BCUT2D eigenvalue weighted by molar-refractivity contribution is -0.474. The first kappa shape index (κ1) is 32.9. The molecule has 0 saturated heterocycles. The molecule has 0 unspecified atom stereocenters. The van der Waals surface area contributed by atoms with Crippen molar-refractivity contribution in [3.63, 3.8) is 0 Å². The van der Waals surface area contributed by atoms with Crippen LogP contribution in [0.3, 0.4) is 0 Å². The summed E-state index contributed by atoms with van der Waals surface area (Å²) in [7, 11) is 0. The minimum Gasteiger partial charge on any atom is -0.200 e. The van der Waals surface area contributed by atoms with Crippen LogP contribution >= 0.6 is 12.6 Å². The fourth-order valence-corrected chi connectivity index (χ4v) is 2.13. The Kier molecular flexibility index (Phi) is 7.93. The van der Waals surface area contributed by atoms with Crippen molar-refractivity contribution in [3.8, 4) is 0 Å². The Morgan fingerprint density at radius 1 is 0.324 bits per heavy atom. The van der Waals surface area contributed by atoms with Gasteiger partial charge in [0.25, 0.3) is 0 Å². The predicted octanol–water partition coefficient (Wildman–Crippen LogP) is 7.85. The maximum absolute atomic E-state index is 13.4. The number of hydrogen-bond donors (Lipinski definition) is 0. The maximum Gasteiger partial charge on any atom is 0.460 e. The van der Waals surface area contributed by atoms with Crippen molar-refractivity contribution in [1.82, 2.24) is 0 Å². The monoisotopic (exact) mass is 579 g/mol. The lowest BCUT2D eigenvalue weighted by Gasteiger charge is -2.44. The Bertz CT molecular complexity index is 731. The van der Waals surface area contributed by atoms with Gasteiger partial charge >= 0.3 is 59.5 Å². The second-order valence-corrected chi connectivity index (χ2v) is 6.66. The van der Waals surface area contributed by atoms with Crippen LogP contribution in [0.4, 0.5) is 92.2 Å². The number of rotatable bonds is 10. The van der Waals surface area contributed by atoms with Crippen molar-refractivity contribution >= 4 is 12.6 Å². The standard InChI is InChI=1S/C12H4F21S/c13-3(14,1-2-34)4(15,16)5(17,18)6(19,20)7(21,22)8(23,24)9(25,26)10(27,28)11(29,30)12(31,32)33/h1-2H2. The van der Waals surface area contributed by atoms with E-state index in [-0.39, 0.29) is 0 Å². The Morgan fingerprint density at radius 3 is 0.735 bits per heavy atom. The van der Waals surface area contributed by atoms with Gasteiger partial charge in [-0.15, -0.1) is 0 Å². The molecule has 0 aromatic rings. The summed E-state index contributed by atoms with van der Waals surface area (Å²) in [6.45, 7) is 0. The Hall–Kier alpha value is -1.12. The van der Waals surface area contributed by atoms with E-state index in [9.17, 15) is 92.2 Å². The highest BCUT2D eigenvalue weighted by molar-refractivity contribution is 7.80. The first-order valence-corrected chi connectivity index (χ1v) is 7.94. The molecule has 0 N–H and O–H groups in total. The summed E-state index contributed by atoms with van der Waals surface area (Å²) >= 11 is 3.61. The second-order valence-electron chi connectivity index (χ2n) is 6.25. The van der Waals surface area contributed by atoms with Crippen molar-refractivity contribution < 1.29 is 92.2 Å². The molecule has 0 atom stereocenters. The molecule has 0 heterocycles. The fraction of sp³-hybridized carbons (Fsp3) is 1.00. The van der Waals surface area contributed by atoms with E-state index in [2.05, 4.69) is 12.6 Å². The molecule has 205 valence electrons. The van der Waals surface area contributed by atoms with Crippen LogP contribution in [-0.4, -0.2) is 65.2 Å². The third-order valence-corrected chi connectivity index (χ3v) is 4.20. The third-order valence-electron chi connectivity index (χ3n) is 3.99. The van der Waals surface area contributed by atoms with Gasteiger partial charge in [-0.05, 0) is 0 Å². The van der Waals surface area contributed by atoms with Crippen LogP contribution in [0.5, 0.6) is 0 Å². The molecule has 0 saturated carbocycles. The highest BCUT2D eigenvalue weighted by atomic mass is 32.1. The van der Waals surface area contributed by atoms with Crippen LogP contribution < -0.4 is 0 Å². The molecule has 0 aromatic carbocycles. The largest absolute Gasteiger partial charge is 0.460 e. The highest BCUT2D eigenvalue weighted by Crippen LogP contribution is 2.66. The summed E-state index contributed by atoms with van der Waals surface area (Å²) in [5.74, 6) is -78.2. The fourth-order valence-electron chi connectivity index (χ4n) is 1.88. The third kappa shape index (κ3) is 3.92. The van der Waals surface area contributed by atoms with E-state index < -0.39 is 71.7 Å². The van der Waals surface area contributed by atoms with E-state index >= 15 is 0 Å². The zero-order chi connectivity index (χ0) is 28.4. The van der Waals surface area contributed by atoms with Crippen LogP contribution in [0, 0.1) is 0 Å². The van der Waals surface area contributed by atoms with Crippen molar-refractivity contribution in [2.45, 2.75) is 65.9 Å². The minimum atomic E-state index is -9.14. The molecule has 0 aromatic heterocycles. The molecule has 0 aliphatic rings. The van der Waals surface area contributed by atoms with E-state index in [1.807, 2.05) is 0 Å². The summed E-state index contributed by atoms with van der Waals surface area (Å²) in [4.78, 5) is 0. The van der Waals surface area contributed by atoms with Gasteiger partial charge in [0.05, 0.1) is 0 Å². The molecule has 0 fully saturated rings. The molecule has 0 aliphatic carbocycles. The van der Waals surface area contributed by atoms with Crippen molar-refractivity contribution in [2.24, 2.45) is 0 Å². The lowest BCUT2D eigenvalue weighted by atomic mass is 9.86.